The van der Waals surface area contributed by atoms with Crippen molar-refractivity contribution in [3.63, 3.8) is 0 Å². The number of hydrogen-bond acceptors (Lipinski definition) is 2. The fourth-order valence-electron chi connectivity index (χ4n) is 1.44. The number of aromatic nitrogens is 2. The predicted molar refractivity (Wildman–Crippen MR) is 60.6 cm³/mol. The molecule has 0 amide bonds. The van der Waals surface area contributed by atoms with E-state index >= 15 is 0 Å². The Morgan fingerprint density at radius 1 is 1.43 bits per heavy atom. The van der Waals surface area contributed by atoms with Crippen LogP contribution in [0.3, 0.4) is 0 Å². The van der Waals surface area contributed by atoms with Crippen LogP contribution in [0.25, 0.3) is 0 Å². The number of unbranched alkanes of at least 4 members (excludes halogenated alkanes) is 2. The summed E-state index contributed by atoms with van der Waals surface area (Å²) in [5, 5.41) is 3.36. The summed E-state index contributed by atoms with van der Waals surface area (Å²) in [6.07, 6.45) is 7.64. The molecule has 0 saturated carbocycles. The van der Waals surface area contributed by atoms with Crippen molar-refractivity contribution in [2.75, 3.05) is 11.9 Å². The molecule has 1 aromatic heterocycles. The Morgan fingerprint density at radius 3 is 2.86 bits per heavy atom. The Labute approximate surface area is 86.5 Å². The quantitative estimate of drug-likeness (QED) is 0.707. The molecule has 1 rings (SSSR count). The minimum atomic E-state index is 0.478. The SMILES string of the molecule is CCCCCNc1nccn1C(C)C. The van der Waals surface area contributed by atoms with Crippen LogP contribution in [0.4, 0.5) is 5.95 Å². The lowest BCUT2D eigenvalue weighted by Gasteiger charge is -2.12. The number of nitrogens with one attached hydrogen (secondary N) is 1. The van der Waals surface area contributed by atoms with E-state index in [2.05, 4.69) is 35.6 Å². The lowest BCUT2D eigenvalue weighted by molar-refractivity contribution is 0.602. The molecule has 1 aromatic rings. The molecule has 0 radical (unpaired) electrons. The van der Waals surface area contributed by atoms with Gasteiger partial charge in [0.15, 0.2) is 0 Å². The Bertz CT molecular complexity index is 253. The lowest BCUT2D eigenvalue weighted by atomic mass is 10.2. The first kappa shape index (κ1) is 11.1. The molecular formula is C11H21N3. The van der Waals surface area contributed by atoms with Crippen molar-refractivity contribution < 1.29 is 0 Å². The van der Waals surface area contributed by atoms with Crippen LogP contribution in [0.1, 0.15) is 46.1 Å². The van der Waals surface area contributed by atoms with E-state index in [4.69, 9.17) is 0 Å². The molecule has 14 heavy (non-hydrogen) atoms. The van der Waals surface area contributed by atoms with Gasteiger partial charge in [-0.25, -0.2) is 4.98 Å². The molecule has 0 fully saturated rings. The summed E-state index contributed by atoms with van der Waals surface area (Å²) in [4.78, 5) is 4.29. The smallest absolute Gasteiger partial charge is 0.203 e. The first-order valence-electron chi connectivity index (χ1n) is 5.52. The predicted octanol–water partition coefficient (Wildman–Crippen LogP) is 3.07. The molecule has 0 atom stereocenters. The molecule has 3 nitrogen and oxygen atoms in total. The number of hydrogen-bond donors (Lipinski definition) is 1. The minimum Gasteiger partial charge on any atom is -0.356 e. The molecule has 0 bridgehead atoms. The maximum Gasteiger partial charge on any atom is 0.203 e. The maximum absolute atomic E-state index is 4.29. The molecule has 0 aliphatic heterocycles. The zero-order chi connectivity index (χ0) is 10.4. The van der Waals surface area contributed by atoms with E-state index in [-0.39, 0.29) is 0 Å². The fourth-order valence-corrected chi connectivity index (χ4v) is 1.44. The van der Waals surface area contributed by atoms with Crippen molar-refractivity contribution in [3.8, 4) is 0 Å². The molecule has 0 saturated heterocycles. The summed E-state index contributed by atoms with van der Waals surface area (Å²) in [7, 11) is 0. The molecular weight excluding hydrogens is 174 g/mol. The van der Waals surface area contributed by atoms with Crippen LogP contribution in [0.5, 0.6) is 0 Å². The van der Waals surface area contributed by atoms with Gasteiger partial charge in [0.2, 0.25) is 5.95 Å². The van der Waals surface area contributed by atoms with Crippen LogP contribution >= 0.6 is 0 Å². The second kappa shape index (κ2) is 5.68. The highest BCUT2D eigenvalue weighted by atomic mass is 15.2. The Balaban J connectivity index is 2.38. The van der Waals surface area contributed by atoms with E-state index in [9.17, 15) is 0 Å². The molecule has 0 unspecified atom stereocenters. The summed E-state index contributed by atoms with van der Waals surface area (Å²) in [5.74, 6) is 0.996. The summed E-state index contributed by atoms with van der Waals surface area (Å²) < 4.78 is 2.16. The molecule has 80 valence electrons. The van der Waals surface area contributed by atoms with Crippen LogP contribution in [-0.4, -0.2) is 16.1 Å². The summed E-state index contributed by atoms with van der Waals surface area (Å²) in [6, 6.07) is 0.478. The highest BCUT2D eigenvalue weighted by Gasteiger charge is 2.03. The van der Waals surface area contributed by atoms with E-state index in [1.165, 1.54) is 19.3 Å². The van der Waals surface area contributed by atoms with Gasteiger partial charge in [0, 0.05) is 25.0 Å². The van der Waals surface area contributed by atoms with Gasteiger partial charge in [-0.05, 0) is 20.3 Å². The number of nitrogens with zero attached hydrogens (tertiary/aromatic N) is 2. The number of imidazole rings is 1. The van der Waals surface area contributed by atoms with E-state index in [1.54, 1.807) is 0 Å². The van der Waals surface area contributed by atoms with Gasteiger partial charge in [-0.2, -0.15) is 0 Å². The molecule has 1 N–H and O–H groups in total. The van der Waals surface area contributed by atoms with Crippen molar-refractivity contribution in [2.45, 2.75) is 46.1 Å². The Hall–Kier alpha value is -0.990. The monoisotopic (exact) mass is 195 g/mol. The van der Waals surface area contributed by atoms with Crippen molar-refractivity contribution in [1.82, 2.24) is 9.55 Å². The van der Waals surface area contributed by atoms with Gasteiger partial charge >= 0.3 is 0 Å². The van der Waals surface area contributed by atoms with Gasteiger partial charge in [-0.3, -0.25) is 0 Å². The summed E-state index contributed by atoms with van der Waals surface area (Å²) in [5.41, 5.74) is 0. The first-order chi connectivity index (χ1) is 6.75. The molecule has 0 aliphatic rings. The molecule has 0 spiro atoms. The summed E-state index contributed by atoms with van der Waals surface area (Å²) >= 11 is 0. The van der Waals surface area contributed by atoms with Crippen molar-refractivity contribution in [1.29, 1.82) is 0 Å². The van der Waals surface area contributed by atoms with Crippen LogP contribution in [0.15, 0.2) is 12.4 Å². The Morgan fingerprint density at radius 2 is 2.21 bits per heavy atom. The van der Waals surface area contributed by atoms with Gasteiger partial charge in [-0.1, -0.05) is 19.8 Å². The van der Waals surface area contributed by atoms with Crippen molar-refractivity contribution in [3.05, 3.63) is 12.4 Å². The molecule has 1 heterocycles. The molecule has 0 aliphatic carbocycles. The van der Waals surface area contributed by atoms with Gasteiger partial charge in [0.05, 0.1) is 0 Å². The first-order valence-corrected chi connectivity index (χ1v) is 5.52. The normalized spacial score (nSPS) is 10.9. The number of rotatable bonds is 6. The third kappa shape index (κ3) is 3.05. The standard InChI is InChI=1S/C11H21N3/c1-4-5-6-7-12-11-13-8-9-14(11)10(2)3/h8-10H,4-7H2,1-3H3,(H,12,13). The van der Waals surface area contributed by atoms with Crippen molar-refractivity contribution in [2.24, 2.45) is 0 Å². The third-order valence-corrected chi connectivity index (χ3v) is 2.29. The second-order valence-corrected chi connectivity index (χ2v) is 3.89. The average molecular weight is 195 g/mol. The van der Waals surface area contributed by atoms with Crippen molar-refractivity contribution >= 4 is 5.95 Å². The van der Waals surface area contributed by atoms with Crippen LogP contribution in [0.2, 0.25) is 0 Å². The van der Waals surface area contributed by atoms with Gasteiger partial charge in [0.25, 0.3) is 0 Å². The third-order valence-electron chi connectivity index (χ3n) is 2.29. The second-order valence-electron chi connectivity index (χ2n) is 3.89. The highest BCUT2D eigenvalue weighted by Crippen LogP contribution is 2.12. The summed E-state index contributed by atoms with van der Waals surface area (Å²) in [6.45, 7) is 7.57. The van der Waals surface area contributed by atoms with E-state index in [0.717, 1.165) is 12.5 Å². The minimum absolute atomic E-state index is 0.478. The molecule has 0 aromatic carbocycles. The lowest BCUT2D eigenvalue weighted by Crippen LogP contribution is -2.09. The Kier molecular flexibility index (Phi) is 4.50. The van der Waals surface area contributed by atoms with E-state index < -0.39 is 0 Å². The fraction of sp³-hybridized carbons (Fsp3) is 0.727. The van der Waals surface area contributed by atoms with Gasteiger partial charge in [0.1, 0.15) is 0 Å². The molecule has 3 heteroatoms. The van der Waals surface area contributed by atoms with Gasteiger partial charge in [-0.15, -0.1) is 0 Å². The highest BCUT2D eigenvalue weighted by molar-refractivity contribution is 5.26. The van der Waals surface area contributed by atoms with Crippen LogP contribution < -0.4 is 5.32 Å². The van der Waals surface area contributed by atoms with Crippen LogP contribution in [-0.2, 0) is 0 Å². The maximum atomic E-state index is 4.29. The number of anilines is 1. The zero-order valence-electron chi connectivity index (χ0n) is 9.45. The van der Waals surface area contributed by atoms with Gasteiger partial charge < -0.3 is 9.88 Å². The average Bonchev–Trinajstić information content (AvgIpc) is 2.60. The topological polar surface area (TPSA) is 29.9 Å². The van der Waals surface area contributed by atoms with E-state index in [0.29, 0.717) is 6.04 Å². The largest absolute Gasteiger partial charge is 0.356 e. The van der Waals surface area contributed by atoms with Crippen LogP contribution in [0, 0.1) is 0 Å². The van der Waals surface area contributed by atoms with E-state index in [1.807, 2.05) is 12.4 Å². The zero-order valence-corrected chi connectivity index (χ0v) is 9.45.